The summed E-state index contributed by atoms with van der Waals surface area (Å²) in [6.07, 6.45) is 9.46. The highest BCUT2D eigenvalue weighted by molar-refractivity contribution is 5.89. The molecule has 1 aromatic carbocycles. The number of nitrogens with zero attached hydrogens (tertiary/aromatic N) is 7. The molecule has 1 spiro atoms. The van der Waals surface area contributed by atoms with Crippen LogP contribution in [0.5, 0.6) is 0 Å². The Kier molecular flexibility index (Phi) is 6.34. The van der Waals surface area contributed by atoms with Crippen molar-refractivity contribution in [1.29, 1.82) is 0 Å². The Morgan fingerprint density at radius 1 is 1.02 bits per heavy atom. The Morgan fingerprint density at radius 2 is 1.86 bits per heavy atom. The van der Waals surface area contributed by atoms with Crippen molar-refractivity contribution in [2.75, 3.05) is 36.0 Å². The minimum Gasteiger partial charge on any atom is -0.356 e. The predicted octanol–water partition coefficient (Wildman–Crippen LogP) is 4.46. The number of hydrogen-bond donors (Lipinski definition) is 1. The Labute approximate surface area is 251 Å². The second-order valence-corrected chi connectivity index (χ2v) is 12.9. The van der Waals surface area contributed by atoms with Gasteiger partial charge in [0.15, 0.2) is 29.0 Å². The molecule has 3 aliphatic heterocycles. The van der Waals surface area contributed by atoms with Gasteiger partial charge in [-0.15, -0.1) is 5.10 Å². The zero-order valence-electron chi connectivity index (χ0n) is 25.1. The first-order valence-electron chi connectivity index (χ1n) is 15.9. The summed E-state index contributed by atoms with van der Waals surface area (Å²) in [4.78, 5) is 28.1. The van der Waals surface area contributed by atoms with Gasteiger partial charge in [-0.05, 0) is 80.9 Å². The number of nitrogens with two attached hydrogens (primary N) is 1. The molecule has 2 saturated heterocycles. The first kappa shape index (κ1) is 26.8. The van der Waals surface area contributed by atoms with Gasteiger partial charge in [0.2, 0.25) is 0 Å². The van der Waals surface area contributed by atoms with Crippen molar-refractivity contribution in [2.45, 2.75) is 70.6 Å². The van der Waals surface area contributed by atoms with E-state index in [1.165, 1.54) is 11.1 Å². The van der Waals surface area contributed by atoms with Crippen LogP contribution in [0, 0.1) is 12.3 Å². The standard InChI is InChI=1S/C33H40N8O2/c1-21-29(39-17-13-33(14-18-39)20-22-8-3-4-9-23(22)28(33)34)36-30-27(35-21)31(37-41(30)26-11-5-6-19-43-26)40-15-7-10-24-25(40)12-16-38(2)32(24)42/h3-4,8-9,12,16,26,28H,5-7,10-11,13-15,17-20,34H2,1-2H3/t26?,28-/m1/s1. The van der Waals surface area contributed by atoms with Crippen molar-refractivity contribution in [3.8, 4) is 0 Å². The van der Waals surface area contributed by atoms with Gasteiger partial charge in [-0.1, -0.05) is 24.3 Å². The third kappa shape index (κ3) is 4.21. The summed E-state index contributed by atoms with van der Waals surface area (Å²) < 4.78 is 9.85. The molecule has 8 rings (SSSR count). The number of rotatable bonds is 3. The van der Waals surface area contributed by atoms with Crippen LogP contribution in [0.4, 0.5) is 17.3 Å². The Morgan fingerprint density at radius 3 is 2.65 bits per heavy atom. The van der Waals surface area contributed by atoms with Crippen LogP contribution in [-0.2, 0) is 24.6 Å². The summed E-state index contributed by atoms with van der Waals surface area (Å²) in [7, 11) is 1.81. The number of aryl methyl sites for hydroxylation is 2. The first-order chi connectivity index (χ1) is 20.9. The van der Waals surface area contributed by atoms with Gasteiger partial charge in [-0.2, -0.15) is 0 Å². The Bertz CT molecular complexity index is 1760. The van der Waals surface area contributed by atoms with E-state index in [4.69, 9.17) is 25.5 Å². The molecular weight excluding hydrogens is 540 g/mol. The van der Waals surface area contributed by atoms with Crippen LogP contribution < -0.4 is 21.1 Å². The number of anilines is 3. The fraction of sp³-hybridized carbons (Fsp3) is 0.515. The lowest BCUT2D eigenvalue weighted by atomic mass is 9.73. The molecule has 1 aliphatic carbocycles. The molecule has 2 atom stereocenters. The fourth-order valence-electron chi connectivity index (χ4n) is 7.99. The third-order valence-corrected chi connectivity index (χ3v) is 10.4. The van der Waals surface area contributed by atoms with Gasteiger partial charge in [0.25, 0.3) is 5.56 Å². The monoisotopic (exact) mass is 580 g/mol. The van der Waals surface area contributed by atoms with Crippen molar-refractivity contribution >= 4 is 28.5 Å². The van der Waals surface area contributed by atoms with Gasteiger partial charge in [-0.25, -0.2) is 14.6 Å². The molecule has 4 aromatic rings. The summed E-state index contributed by atoms with van der Waals surface area (Å²) in [5.74, 6) is 1.68. The highest BCUT2D eigenvalue weighted by atomic mass is 16.5. The van der Waals surface area contributed by atoms with E-state index in [-0.39, 0.29) is 23.2 Å². The molecule has 0 radical (unpaired) electrons. The van der Waals surface area contributed by atoms with Crippen LogP contribution in [0.3, 0.4) is 0 Å². The lowest BCUT2D eigenvalue weighted by Gasteiger charge is -2.42. The Balaban J connectivity index is 1.17. The van der Waals surface area contributed by atoms with E-state index in [0.29, 0.717) is 6.61 Å². The number of ether oxygens (including phenoxy) is 1. The van der Waals surface area contributed by atoms with Crippen LogP contribution >= 0.6 is 0 Å². The average molecular weight is 581 g/mol. The maximum atomic E-state index is 13.0. The molecule has 6 heterocycles. The third-order valence-electron chi connectivity index (χ3n) is 10.4. The molecule has 3 aromatic heterocycles. The number of piperidine rings is 1. The van der Waals surface area contributed by atoms with Crippen LogP contribution in [0.2, 0.25) is 0 Å². The first-order valence-corrected chi connectivity index (χ1v) is 15.9. The molecule has 4 aliphatic rings. The molecule has 0 amide bonds. The zero-order valence-corrected chi connectivity index (χ0v) is 25.1. The number of hydrogen-bond acceptors (Lipinski definition) is 8. The Hall–Kier alpha value is -3.76. The van der Waals surface area contributed by atoms with E-state index in [2.05, 4.69) is 41.0 Å². The second-order valence-electron chi connectivity index (χ2n) is 12.9. The van der Waals surface area contributed by atoms with Crippen LogP contribution in [-0.4, -0.2) is 50.6 Å². The quantitative estimate of drug-likeness (QED) is 0.379. The minimum atomic E-state index is -0.178. The highest BCUT2D eigenvalue weighted by Gasteiger charge is 2.46. The molecule has 1 unspecified atom stereocenters. The molecule has 43 heavy (non-hydrogen) atoms. The van der Waals surface area contributed by atoms with Gasteiger partial charge in [0.1, 0.15) is 0 Å². The zero-order chi connectivity index (χ0) is 29.3. The molecule has 0 saturated carbocycles. The molecular formula is C33H40N8O2. The minimum absolute atomic E-state index is 0.0547. The lowest BCUT2D eigenvalue weighted by Crippen LogP contribution is -2.45. The maximum absolute atomic E-state index is 13.0. The van der Waals surface area contributed by atoms with Gasteiger partial charge in [-0.3, -0.25) is 4.79 Å². The summed E-state index contributed by atoms with van der Waals surface area (Å²) >= 11 is 0. The van der Waals surface area contributed by atoms with Crippen molar-refractivity contribution < 1.29 is 4.74 Å². The highest BCUT2D eigenvalue weighted by Crippen LogP contribution is 2.51. The SMILES string of the molecule is Cc1nc2c(N3CCCc4c3ccn(C)c4=O)nn(C3CCCCO3)c2nc1N1CCC2(CC1)Cc1ccccc1[C@H]2N. The van der Waals surface area contributed by atoms with Crippen LogP contribution in [0.25, 0.3) is 11.2 Å². The van der Waals surface area contributed by atoms with Crippen molar-refractivity contribution in [3.63, 3.8) is 0 Å². The molecule has 2 fully saturated rings. The van der Waals surface area contributed by atoms with Gasteiger partial charge in [0.05, 0.1) is 11.4 Å². The number of fused-ring (bicyclic) bond motifs is 3. The molecule has 0 bridgehead atoms. The summed E-state index contributed by atoms with van der Waals surface area (Å²) in [5.41, 5.74) is 13.9. The molecule has 10 heteroatoms. The average Bonchev–Trinajstić information content (AvgIpc) is 3.53. The molecule has 2 N–H and O–H groups in total. The fourth-order valence-corrected chi connectivity index (χ4v) is 7.99. The van der Waals surface area contributed by atoms with E-state index in [0.717, 1.165) is 111 Å². The van der Waals surface area contributed by atoms with Crippen LogP contribution in [0.1, 0.15) is 73.2 Å². The van der Waals surface area contributed by atoms with E-state index < -0.39 is 0 Å². The number of benzene rings is 1. The second kappa shape index (κ2) is 10.2. The largest absolute Gasteiger partial charge is 0.356 e. The smallest absolute Gasteiger partial charge is 0.255 e. The lowest BCUT2D eigenvalue weighted by molar-refractivity contribution is -0.0368. The molecule has 10 nitrogen and oxygen atoms in total. The number of pyridine rings is 1. The topological polar surface area (TPSA) is 107 Å². The van der Waals surface area contributed by atoms with Crippen molar-refractivity contribution in [1.82, 2.24) is 24.3 Å². The van der Waals surface area contributed by atoms with E-state index >= 15 is 0 Å². The van der Waals surface area contributed by atoms with Crippen LogP contribution in [0.15, 0.2) is 41.3 Å². The predicted molar refractivity (Wildman–Crippen MR) is 167 cm³/mol. The van der Waals surface area contributed by atoms with Gasteiger partial charge in [0, 0.05) is 51.1 Å². The van der Waals surface area contributed by atoms with Gasteiger partial charge < -0.3 is 24.8 Å². The summed E-state index contributed by atoms with van der Waals surface area (Å²) in [6, 6.07) is 10.8. The van der Waals surface area contributed by atoms with E-state index in [1.807, 2.05) is 24.0 Å². The van der Waals surface area contributed by atoms with E-state index in [9.17, 15) is 4.79 Å². The number of aromatic nitrogens is 5. The molecule has 224 valence electrons. The van der Waals surface area contributed by atoms with Crippen molar-refractivity contribution in [2.24, 2.45) is 18.2 Å². The van der Waals surface area contributed by atoms with E-state index in [1.54, 1.807) is 4.57 Å². The van der Waals surface area contributed by atoms with Crippen molar-refractivity contribution in [3.05, 3.63) is 69.3 Å². The summed E-state index contributed by atoms with van der Waals surface area (Å²) in [5, 5.41) is 5.15. The van der Waals surface area contributed by atoms with Gasteiger partial charge >= 0.3 is 0 Å². The summed E-state index contributed by atoms with van der Waals surface area (Å²) in [6.45, 7) is 5.34. The maximum Gasteiger partial charge on any atom is 0.255 e. The normalized spacial score (nSPS) is 23.1.